The largest absolute Gasteiger partial charge is 0.282 e. The summed E-state index contributed by atoms with van der Waals surface area (Å²) in [5.41, 5.74) is 4.06. The lowest BCUT2D eigenvalue weighted by molar-refractivity contribution is 0.0986. The van der Waals surface area contributed by atoms with Crippen LogP contribution >= 0.6 is 46.1 Å². The number of hydrogen-bond acceptors (Lipinski definition) is 4. The minimum Gasteiger partial charge on any atom is -0.282 e. The van der Waals surface area contributed by atoms with Crippen molar-refractivity contribution in [2.45, 2.75) is 27.3 Å². The number of halogens is 3. The average Bonchev–Trinajstić information content (AvgIpc) is 3.26. The molecule has 4 rings (SSSR count). The molecule has 1 amide bonds. The fourth-order valence-electron chi connectivity index (χ4n) is 3.44. The van der Waals surface area contributed by atoms with Gasteiger partial charge in [-0.3, -0.25) is 14.4 Å². The number of fused-ring (bicyclic) bond motifs is 1. The number of thiazole rings is 1. The number of carbonyl (C=O) groups excluding carboxylic acids is 1. The highest BCUT2D eigenvalue weighted by Crippen LogP contribution is 2.34. The molecule has 2 aromatic heterocycles. The summed E-state index contributed by atoms with van der Waals surface area (Å²) in [5.74, 6) is -0.267. The Labute approximate surface area is 199 Å². The van der Waals surface area contributed by atoms with Crippen molar-refractivity contribution in [2.75, 3.05) is 11.4 Å². The van der Waals surface area contributed by atoms with Crippen LogP contribution in [0.5, 0.6) is 0 Å². The Hall–Kier alpha value is -2.12. The van der Waals surface area contributed by atoms with Crippen molar-refractivity contribution in [3.05, 3.63) is 74.0 Å². The van der Waals surface area contributed by atoms with Gasteiger partial charge in [-0.1, -0.05) is 46.1 Å². The summed E-state index contributed by atoms with van der Waals surface area (Å²) in [5, 5.41) is 6.50. The lowest BCUT2D eigenvalue weighted by atomic mass is 10.2. The number of amides is 1. The number of nitrogens with zero attached hydrogens (tertiary/aromatic N) is 4. The lowest BCUT2D eigenvalue weighted by Gasteiger charge is -2.21. The topological polar surface area (TPSA) is 51.0 Å². The second-order valence-electron chi connectivity index (χ2n) is 7.30. The normalized spacial score (nSPS) is 11.3. The molecular weight excluding hydrogens is 475 g/mol. The van der Waals surface area contributed by atoms with E-state index in [0.717, 1.165) is 27.2 Å². The SMILES string of the molecule is Cc1cc(C)n(CCN(C(=O)c2cc(Cl)ccc2Cl)c2nc3c(C)cc(Cl)cc3s2)n1. The van der Waals surface area contributed by atoms with Gasteiger partial charge in [0.15, 0.2) is 5.13 Å². The molecule has 0 unspecified atom stereocenters. The van der Waals surface area contributed by atoms with Gasteiger partial charge in [0, 0.05) is 22.3 Å². The highest BCUT2D eigenvalue weighted by molar-refractivity contribution is 7.22. The molecule has 9 heteroatoms. The molecule has 2 aromatic carbocycles. The van der Waals surface area contributed by atoms with E-state index < -0.39 is 0 Å². The van der Waals surface area contributed by atoms with Gasteiger partial charge in [-0.05, 0) is 62.7 Å². The van der Waals surface area contributed by atoms with Crippen molar-refractivity contribution in [1.82, 2.24) is 14.8 Å². The van der Waals surface area contributed by atoms with Crippen molar-refractivity contribution in [2.24, 2.45) is 0 Å². The first-order valence-corrected chi connectivity index (χ1v) is 11.5. The van der Waals surface area contributed by atoms with E-state index in [1.54, 1.807) is 23.1 Å². The monoisotopic (exact) mass is 492 g/mol. The third kappa shape index (κ3) is 4.58. The fraction of sp³-hybridized carbons (Fsp3) is 0.227. The van der Waals surface area contributed by atoms with Crippen molar-refractivity contribution in [1.29, 1.82) is 0 Å². The van der Waals surface area contributed by atoms with E-state index in [0.29, 0.717) is 38.9 Å². The summed E-state index contributed by atoms with van der Waals surface area (Å²) < 4.78 is 2.80. The average molecular weight is 494 g/mol. The highest BCUT2D eigenvalue weighted by atomic mass is 35.5. The van der Waals surface area contributed by atoms with Gasteiger partial charge in [-0.15, -0.1) is 0 Å². The molecule has 160 valence electrons. The molecule has 0 aliphatic heterocycles. The van der Waals surface area contributed by atoms with E-state index >= 15 is 0 Å². The molecule has 0 aliphatic carbocycles. The van der Waals surface area contributed by atoms with Crippen LogP contribution in [0.4, 0.5) is 5.13 Å². The van der Waals surface area contributed by atoms with Crippen molar-refractivity contribution in [3.8, 4) is 0 Å². The van der Waals surface area contributed by atoms with E-state index in [9.17, 15) is 4.79 Å². The summed E-state index contributed by atoms with van der Waals surface area (Å²) >= 11 is 20.1. The van der Waals surface area contributed by atoms with Gasteiger partial charge < -0.3 is 0 Å². The Morgan fingerprint density at radius 1 is 1.06 bits per heavy atom. The molecule has 5 nitrogen and oxygen atoms in total. The Morgan fingerprint density at radius 3 is 2.55 bits per heavy atom. The van der Waals surface area contributed by atoms with Crippen LogP contribution in [0.3, 0.4) is 0 Å². The van der Waals surface area contributed by atoms with E-state index in [1.807, 2.05) is 43.7 Å². The molecular formula is C22H19Cl3N4OS. The number of benzene rings is 2. The van der Waals surface area contributed by atoms with Gasteiger partial charge in [-0.2, -0.15) is 5.10 Å². The summed E-state index contributed by atoms with van der Waals surface area (Å²) in [6, 6.07) is 10.6. The molecule has 2 heterocycles. The Balaban J connectivity index is 1.76. The zero-order valence-corrected chi connectivity index (χ0v) is 20.2. The van der Waals surface area contributed by atoms with Crippen molar-refractivity contribution in [3.63, 3.8) is 0 Å². The van der Waals surface area contributed by atoms with E-state index in [-0.39, 0.29) is 5.91 Å². The Kier molecular flexibility index (Phi) is 6.26. The summed E-state index contributed by atoms with van der Waals surface area (Å²) in [4.78, 5) is 19.9. The van der Waals surface area contributed by atoms with Crippen LogP contribution in [0.25, 0.3) is 10.2 Å². The van der Waals surface area contributed by atoms with Crippen LogP contribution in [-0.2, 0) is 6.54 Å². The third-order valence-corrected chi connectivity index (χ3v) is 6.72. The number of carbonyl (C=O) groups is 1. The number of rotatable bonds is 5. The first kappa shape index (κ1) is 22.1. The van der Waals surface area contributed by atoms with E-state index in [1.165, 1.54) is 11.3 Å². The number of aromatic nitrogens is 3. The van der Waals surface area contributed by atoms with Gasteiger partial charge in [0.25, 0.3) is 5.91 Å². The van der Waals surface area contributed by atoms with Crippen LogP contribution in [0, 0.1) is 20.8 Å². The third-order valence-electron chi connectivity index (χ3n) is 4.91. The lowest BCUT2D eigenvalue weighted by Crippen LogP contribution is -2.34. The predicted molar refractivity (Wildman–Crippen MR) is 129 cm³/mol. The van der Waals surface area contributed by atoms with Gasteiger partial charge in [0.05, 0.1) is 33.0 Å². The minimum absolute atomic E-state index is 0.267. The molecule has 0 N–H and O–H groups in total. The summed E-state index contributed by atoms with van der Waals surface area (Å²) in [6.07, 6.45) is 0. The standard InChI is InChI=1S/C22H19Cl3N4OS/c1-12-8-16(24)11-19-20(12)26-22(31-19)28(6-7-29-14(3)9-13(2)27-29)21(30)17-10-15(23)4-5-18(17)25/h4-5,8-11H,6-7H2,1-3H3. The molecule has 0 atom stereocenters. The summed E-state index contributed by atoms with van der Waals surface area (Å²) in [6.45, 7) is 6.77. The number of hydrogen-bond donors (Lipinski definition) is 0. The molecule has 0 saturated heterocycles. The summed E-state index contributed by atoms with van der Waals surface area (Å²) in [7, 11) is 0. The molecule has 0 bridgehead atoms. The first-order valence-electron chi connectivity index (χ1n) is 9.57. The second-order valence-corrected chi connectivity index (χ2v) is 9.59. The van der Waals surface area contributed by atoms with Crippen LogP contribution < -0.4 is 4.90 Å². The minimum atomic E-state index is -0.267. The van der Waals surface area contributed by atoms with Crippen LogP contribution in [0.1, 0.15) is 27.3 Å². The highest BCUT2D eigenvalue weighted by Gasteiger charge is 2.24. The van der Waals surface area contributed by atoms with Gasteiger partial charge in [0.1, 0.15) is 0 Å². The van der Waals surface area contributed by atoms with E-state index in [4.69, 9.17) is 39.8 Å². The molecule has 0 saturated carbocycles. The molecule has 0 aliphatic rings. The number of aryl methyl sites for hydroxylation is 3. The smallest absolute Gasteiger partial charge is 0.261 e. The molecule has 0 radical (unpaired) electrons. The second kappa shape index (κ2) is 8.79. The van der Waals surface area contributed by atoms with Crippen LogP contribution in [0.15, 0.2) is 36.4 Å². The molecule has 4 aromatic rings. The van der Waals surface area contributed by atoms with E-state index in [2.05, 4.69) is 5.10 Å². The van der Waals surface area contributed by atoms with Gasteiger partial charge >= 0.3 is 0 Å². The zero-order chi connectivity index (χ0) is 22.3. The van der Waals surface area contributed by atoms with Crippen LogP contribution in [-0.4, -0.2) is 27.2 Å². The maximum Gasteiger partial charge on any atom is 0.261 e. The number of anilines is 1. The van der Waals surface area contributed by atoms with Crippen molar-refractivity contribution < 1.29 is 4.79 Å². The maximum absolute atomic E-state index is 13.6. The van der Waals surface area contributed by atoms with Crippen molar-refractivity contribution >= 4 is 67.4 Å². The molecule has 0 spiro atoms. The molecule has 0 fully saturated rings. The zero-order valence-electron chi connectivity index (χ0n) is 17.1. The fourth-order valence-corrected chi connectivity index (χ4v) is 5.26. The quantitative estimate of drug-likeness (QED) is 0.310. The predicted octanol–water partition coefficient (Wildman–Crippen LogP) is 6.73. The maximum atomic E-state index is 13.6. The van der Waals surface area contributed by atoms with Gasteiger partial charge in [0.2, 0.25) is 0 Å². The van der Waals surface area contributed by atoms with Crippen LogP contribution in [0.2, 0.25) is 15.1 Å². The Bertz CT molecular complexity index is 1300. The van der Waals surface area contributed by atoms with Gasteiger partial charge in [-0.25, -0.2) is 4.98 Å². The molecule has 31 heavy (non-hydrogen) atoms. The Morgan fingerprint density at radius 2 is 1.84 bits per heavy atom. The first-order chi connectivity index (χ1) is 14.7.